The van der Waals surface area contributed by atoms with E-state index in [-0.39, 0.29) is 0 Å². The molecule has 7 heteroatoms. The molecule has 0 fully saturated rings. The van der Waals surface area contributed by atoms with Crippen LogP contribution in [0.4, 0.5) is 11.5 Å². The van der Waals surface area contributed by atoms with Gasteiger partial charge in [-0.3, -0.25) is 9.59 Å². The Kier molecular flexibility index (Phi) is 5.68. The van der Waals surface area contributed by atoms with Crippen molar-refractivity contribution in [3.05, 3.63) is 64.2 Å². The van der Waals surface area contributed by atoms with Crippen LogP contribution in [0.5, 0.6) is 0 Å². The normalized spacial score (nSPS) is 10.5. The molecule has 1 aromatic heterocycles. The van der Waals surface area contributed by atoms with Crippen molar-refractivity contribution in [2.45, 2.75) is 0 Å². The summed E-state index contributed by atoms with van der Waals surface area (Å²) < 4.78 is 0.807. The maximum atomic E-state index is 11.7. The number of rotatable bonds is 4. The Morgan fingerprint density at radius 3 is 2.45 bits per heavy atom. The number of nitrogens with one attached hydrogen (secondary N) is 2. The average Bonchev–Trinajstić information content (AvgIpc) is 2.48. The molecule has 112 valence electrons. The third kappa shape index (κ3) is 5.31. The Balaban J connectivity index is 1.89. The minimum atomic E-state index is -0.448. The Hall–Kier alpha value is -2.18. The van der Waals surface area contributed by atoms with Crippen molar-refractivity contribution in [1.29, 1.82) is 0 Å². The van der Waals surface area contributed by atoms with Gasteiger partial charge < -0.3 is 10.6 Å². The molecule has 0 bridgehead atoms. The smallest absolute Gasteiger partial charge is 0.249 e. The van der Waals surface area contributed by atoms with E-state index in [0.717, 1.165) is 16.6 Å². The van der Waals surface area contributed by atoms with Crippen LogP contribution in [-0.4, -0.2) is 16.8 Å². The van der Waals surface area contributed by atoms with Crippen molar-refractivity contribution in [3.8, 4) is 0 Å². The molecular formula is C15H11BrClN3O2. The van der Waals surface area contributed by atoms with Gasteiger partial charge in [0, 0.05) is 33.5 Å². The molecule has 0 aliphatic heterocycles. The first-order valence-corrected chi connectivity index (χ1v) is 7.37. The van der Waals surface area contributed by atoms with Gasteiger partial charge in [0.1, 0.15) is 5.82 Å². The maximum absolute atomic E-state index is 11.7. The van der Waals surface area contributed by atoms with Gasteiger partial charge in [-0.2, -0.15) is 0 Å². The van der Waals surface area contributed by atoms with Crippen molar-refractivity contribution in [2.24, 2.45) is 0 Å². The van der Waals surface area contributed by atoms with Gasteiger partial charge in [-0.1, -0.05) is 17.7 Å². The zero-order chi connectivity index (χ0) is 15.9. The van der Waals surface area contributed by atoms with Gasteiger partial charge in [0.05, 0.1) is 0 Å². The minimum absolute atomic E-state index is 0.396. The van der Waals surface area contributed by atoms with E-state index >= 15 is 0 Å². The summed E-state index contributed by atoms with van der Waals surface area (Å²) in [7, 11) is 0. The van der Waals surface area contributed by atoms with Crippen LogP contribution in [0, 0.1) is 0 Å². The quantitative estimate of drug-likeness (QED) is 0.796. The number of carbonyl (C=O) groups is 2. The van der Waals surface area contributed by atoms with Gasteiger partial charge in [0.25, 0.3) is 0 Å². The number of anilines is 2. The second kappa shape index (κ2) is 7.72. The van der Waals surface area contributed by atoms with Crippen LogP contribution in [0.15, 0.2) is 59.2 Å². The highest BCUT2D eigenvalue weighted by molar-refractivity contribution is 9.10. The van der Waals surface area contributed by atoms with Gasteiger partial charge in [0.2, 0.25) is 11.8 Å². The Morgan fingerprint density at radius 2 is 1.82 bits per heavy atom. The molecule has 0 saturated heterocycles. The molecule has 0 aliphatic rings. The van der Waals surface area contributed by atoms with Crippen LogP contribution in [0.1, 0.15) is 0 Å². The number of carbonyl (C=O) groups excluding carboxylic acids is 2. The van der Waals surface area contributed by atoms with Crippen LogP contribution < -0.4 is 10.6 Å². The standard InChI is InChI=1S/C15H11BrClN3O2/c16-10-4-5-13(18-9-10)20-15(22)7-6-14(21)19-12-3-1-2-11(17)8-12/h1-9H,(H,19,21)(H,18,20,22). The summed E-state index contributed by atoms with van der Waals surface area (Å²) in [5, 5.41) is 5.65. The molecule has 0 radical (unpaired) electrons. The van der Waals surface area contributed by atoms with E-state index in [4.69, 9.17) is 11.6 Å². The molecule has 5 nitrogen and oxygen atoms in total. The molecular weight excluding hydrogens is 370 g/mol. The van der Waals surface area contributed by atoms with Crippen molar-refractivity contribution in [2.75, 3.05) is 10.6 Å². The summed E-state index contributed by atoms with van der Waals surface area (Å²) in [5.74, 6) is -0.481. The molecule has 1 heterocycles. The summed E-state index contributed by atoms with van der Waals surface area (Å²) in [4.78, 5) is 27.3. The zero-order valence-electron chi connectivity index (χ0n) is 11.2. The van der Waals surface area contributed by atoms with E-state index in [1.54, 1.807) is 42.6 Å². The van der Waals surface area contributed by atoms with Gasteiger partial charge in [0.15, 0.2) is 0 Å². The lowest BCUT2D eigenvalue weighted by Gasteiger charge is -2.02. The monoisotopic (exact) mass is 379 g/mol. The first kappa shape index (κ1) is 16.2. The number of halogens is 2. The fourth-order valence-corrected chi connectivity index (χ4v) is 1.94. The number of nitrogens with zero attached hydrogens (tertiary/aromatic N) is 1. The van der Waals surface area contributed by atoms with Crippen LogP contribution in [0.3, 0.4) is 0 Å². The molecule has 2 amide bonds. The highest BCUT2D eigenvalue weighted by Crippen LogP contribution is 2.14. The largest absolute Gasteiger partial charge is 0.322 e. The minimum Gasteiger partial charge on any atom is -0.322 e. The molecule has 22 heavy (non-hydrogen) atoms. The van der Waals surface area contributed by atoms with Gasteiger partial charge in [-0.25, -0.2) is 4.98 Å². The third-order valence-corrected chi connectivity index (χ3v) is 3.16. The SMILES string of the molecule is O=C(C=CC(=O)Nc1ccc(Br)cn1)Nc1cccc(Cl)c1. The number of hydrogen-bond donors (Lipinski definition) is 2. The highest BCUT2D eigenvalue weighted by Gasteiger charge is 2.02. The fourth-order valence-electron chi connectivity index (χ4n) is 1.52. The number of amides is 2. The van der Waals surface area contributed by atoms with Crippen molar-refractivity contribution < 1.29 is 9.59 Å². The van der Waals surface area contributed by atoms with E-state index in [0.29, 0.717) is 16.5 Å². The number of hydrogen-bond acceptors (Lipinski definition) is 3. The van der Waals surface area contributed by atoms with Crippen LogP contribution >= 0.6 is 27.5 Å². The highest BCUT2D eigenvalue weighted by atomic mass is 79.9. The molecule has 0 unspecified atom stereocenters. The first-order valence-electron chi connectivity index (χ1n) is 6.20. The lowest BCUT2D eigenvalue weighted by atomic mass is 10.3. The average molecular weight is 381 g/mol. The maximum Gasteiger partial charge on any atom is 0.249 e. The summed E-state index contributed by atoms with van der Waals surface area (Å²) >= 11 is 9.06. The molecule has 0 saturated carbocycles. The molecule has 0 spiro atoms. The number of aromatic nitrogens is 1. The van der Waals surface area contributed by atoms with Crippen LogP contribution in [-0.2, 0) is 9.59 Å². The Labute approximate surface area is 140 Å². The lowest BCUT2D eigenvalue weighted by molar-refractivity contribution is -0.114. The van der Waals surface area contributed by atoms with E-state index in [1.165, 1.54) is 0 Å². The second-order valence-corrected chi connectivity index (χ2v) is 5.54. The van der Waals surface area contributed by atoms with Gasteiger partial charge >= 0.3 is 0 Å². The summed E-state index contributed by atoms with van der Waals surface area (Å²) in [6.07, 6.45) is 3.82. The van der Waals surface area contributed by atoms with Crippen LogP contribution in [0.2, 0.25) is 5.02 Å². The number of benzene rings is 1. The topological polar surface area (TPSA) is 71.1 Å². The Morgan fingerprint density at radius 1 is 1.09 bits per heavy atom. The van der Waals surface area contributed by atoms with E-state index < -0.39 is 11.8 Å². The predicted molar refractivity (Wildman–Crippen MR) is 89.8 cm³/mol. The summed E-state index contributed by atoms with van der Waals surface area (Å²) in [6, 6.07) is 10.1. The van der Waals surface area contributed by atoms with Crippen molar-refractivity contribution >= 4 is 50.9 Å². The molecule has 2 aromatic rings. The van der Waals surface area contributed by atoms with Crippen molar-refractivity contribution in [1.82, 2.24) is 4.98 Å². The molecule has 2 N–H and O–H groups in total. The van der Waals surface area contributed by atoms with E-state index in [1.807, 2.05) is 0 Å². The van der Waals surface area contributed by atoms with Crippen LogP contribution in [0.25, 0.3) is 0 Å². The lowest BCUT2D eigenvalue weighted by Crippen LogP contribution is -2.12. The summed E-state index contributed by atoms with van der Waals surface area (Å²) in [5.41, 5.74) is 0.553. The van der Waals surface area contributed by atoms with Gasteiger partial charge in [-0.15, -0.1) is 0 Å². The molecule has 0 aliphatic carbocycles. The molecule has 0 atom stereocenters. The fraction of sp³-hybridized carbons (Fsp3) is 0. The van der Waals surface area contributed by atoms with Crippen molar-refractivity contribution in [3.63, 3.8) is 0 Å². The zero-order valence-corrected chi connectivity index (χ0v) is 13.6. The number of pyridine rings is 1. The summed E-state index contributed by atoms with van der Waals surface area (Å²) in [6.45, 7) is 0. The van der Waals surface area contributed by atoms with Gasteiger partial charge in [-0.05, 0) is 46.3 Å². The van der Waals surface area contributed by atoms with E-state index in [9.17, 15) is 9.59 Å². The van der Waals surface area contributed by atoms with E-state index in [2.05, 4.69) is 31.5 Å². The predicted octanol–water partition coefficient (Wildman–Crippen LogP) is 3.63. The second-order valence-electron chi connectivity index (χ2n) is 4.18. The molecule has 1 aromatic carbocycles. The third-order valence-electron chi connectivity index (χ3n) is 2.46. The first-order chi connectivity index (χ1) is 10.5. The Bertz CT molecular complexity index is 717. The molecule has 2 rings (SSSR count).